The maximum atomic E-state index is 12.3. The maximum absolute atomic E-state index is 12.3. The van der Waals surface area contributed by atoms with Gasteiger partial charge in [-0.05, 0) is 36.4 Å². The number of nitrogens with one attached hydrogen (secondary N) is 2. The third-order valence-corrected chi connectivity index (χ3v) is 5.66. The molecule has 2 aromatic heterocycles. The zero-order valence-electron chi connectivity index (χ0n) is 14.7. The largest absolute Gasteiger partial charge is 0.319 e. The lowest BCUT2D eigenvalue weighted by Gasteiger charge is -2.10. The molecule has 0 aliphatic rings. The molecule has 0 saturated heterocycles. The average Bonchev–Trinajstić information content (AvgIpc) is 3.29. The van der Waals surface area contributed by atoms with Gasteiger partial charge in [-0.15, -0.1) is 16.4 Å². The molecule has 1 aromatic carbocycles. The Balaban J connectivity index is 1.61. The van der Waals surface area contributed by atoms with Crippen molar-refractivity contribution >= 4 is 40.4 Å². The highest BCUT2D eigenvalue weighted by molar-refractivity contribution is 7.99. The van der Waals surface area contributed by atoms with Crippen LogP contribution in [0.15, 0.2) is 34.8 Å². The van der Waals surface area contributed by atoms with Crippen LogP contribution in [-0.4, -0.2) is 31.8 Å². The number of thioether (sulfide) groups is 1. The van der Waals surface area contributed by atoms with Crippen LogP contribution < -0.4 is 5.32 Å². The summed E-state index contributed by atoms with van der Waals surface area (Å²) in [5.41, 5.74) is 1.67. The molecule has 2 heterocycles. The maximum Gasteiger partial charge on any atom is 0.293 e. The molecule has 3 aromatic rings. The second kappa shape index (κ2) is 8.31. The van der Waals surface area contributed by atoms with E-state index < -0.39 is 4.92 Å². The van der Waals surface area contributed by atoms with Gasteiger partial charge in [-0.3, -0.25) is 20.0 Å². The van der Waals surface area contributed by atoms with Crippen LogP contribution in [0.3, 0.4) is 0 Å². The number of hydrogen-bond acceptors (Lipinski definition) is 7. The van der Waals surface area contributed by atoms with Gasteiger partial charge in [0.1, 0.15) is 11.5 Å². The van der Waals surface area contributed by atoms with Crippen molar-refractivity contribution in [1.29, 1.82) is 0 Å². The summed E-state index contributed by atoms with van der Waals surface area (Å²) in [7, 11) is 0. The highest BCUT2D eigenvalue weighted by atomic mass is 32.2. The molecular weight excluding hydrogens is 386 g/mol. The SMILES string of the molecule is Cc1ccc([N+](=O)[O-])c(NC(=O)CSc2n[nH]c(Cc3cccs3)n2)c1C. The first-order valence-corrected chi connectivity index (χ1v) is 9.91. The molecule has 10 heteroatoms. The first kappa shape index (κ1) is 19.1. The number of hydrogen-bond donors (Lipinski definition) is 2. The zero-order valence-corrected chi connectivity index (χ0v) is 16.3. The van der Waals surface area contributed by atoms with E-state index >= 15 is 0 Å². The molecule has 8 nitrogen and oxygen atoms in total. The van der Waals surface area contributed by atoms with Crippen molar-refractivity contribution in [2.45, 2.75) is 25.4 Å². The van der Waals surface area contributed by atoms with Gasteiger partial charge >= 0.3 is 0 Å². The molecule has 0 fully saturated rings. The lowest BCUT2D eigenvalue weighted by molar-refractivity contribution is -0.384. The third-order valence-electron chi connectivity index (χ3n) is 3.94. The molecule has 27 heavy (non-hydrogen) atoms. The van der Waals surface area contributed by atoms with Crippen LogP contribution in [0.4, 0.5) is 11.4 Å². The number of nitrogens with zero attached hydrogens (tertiary/aromatic N) is 3. The van der Waals surface area contributed by atoms with E-state index in [0.717, 1.165) is 11.4 Å². The van der Waals surface area contributed by atoms with Crippen molar-refractivity contribution in [2.24, 2.45) is 0 Å². The van der Waals surface area contributed by atoms with Gasteiger partial charge in [-0.2, -0.15) is 0 Å². The summed E-state index contributed by atoms with van der Waals surface area (Å²) in [5.74, 6) is 0.438. The summed E-state index contributed by atoms with van der Waals surface area (Å²) in [5, 5.41) is 23.3. The summed E-state index contributed by atoms with van der Waals surface area (Å²) in [6.07, 6.45) is 0.659. The summed E-state index contributed by atoms with van der Waals surface area (Å²) in [6.45, 7) is 3.59. The van der Waals surface area contributed by atoms with E-state index in [1.807, 2.05) is 24.4 Å². The van der Waals surface area contributed by atoms with Gasteiger partial charge < -0.3 is 5.32 Å². The van der Waals surface area contributed by atoms with Crippen LogP contribution in [-0.2, 0) is 11.2 Å². The Morgan fingerprint density at radius 3 is 2.89 bits per heavy atom. The number of rotatable bonds is 7. The van der Waals surface area contributed by atoms with Gasteiger partial charge in [0.2, 0.25) is 11.1 Å². The average molecular weight is 403 g/mol. The van der Waals surface area contributed by atoms with Gasteiger partial charge in [-0.25, -0.2) is 4.98 Å². The number of benzene rings is 1. The zero-order chi connectivity index (χ0) is 19.4. The van der Waals surface area contributed by atoms with Gasteiger partial charge in [0, 0.05) is 17.4 Å². The van der Waals surface area contributed by atoms with E-state index in [9.17, 15) is 14.9 Å². The molecule has 0 saturated carbocycles. The molecule has 0 radical (unpaired) electrons. The van der Waals surface area contributed by atoms with Gasteiger partial charge in [0.25, 0.3) is 5.69 Å². The number of aromatic amines is 1. The normalized spacial score (nSPS) is 10.7. The minimum absolute atomic E-state index is 0.0564. The molecule has 140 valence electrons. The lowest BCUT2D eigenvalue weighted by atomic mass is 10.1. The van der Waals surface area contributed by atoms with E-state index in [-0.39, 0.29) is 23.0 Å². The Labute approximate surface area is 163 Å². The van der Waals surface area contributed by atoms with Crippen molar-refractivity contribution < 1.29 is 9.72 Å². The Kier molecular flexibility index (Phi) is 5.87. The van der Waals surface area contributed by atoms with Crippen molar-refractivity contribution in [3.63, 3.8) is 0 Å². The van der Waals surface area contributed by atoms with E-state index in [1.165, 1.54) is 22.7 Å². The predicted molar refractivity (Wildman–Crippen MR) is 105 cm³/mol. The van der Waals surface area contributed by atoms with Crippen LogP contribution in [0, 0.1) is 24.0 Å². The molecule has 1 amide bonds. The first-order valence-electron chi connectivity index (χ1n) is 8.05. The molecule has 0 bridgehead atoms. The Morgan fingerprint density at radius 2 is 2.19 bits per heavy atom. The van der Waals surface area contributed by atoms with Crippen LogP contribution in [0.2, 0.25) is 0 Å². The highest BCUT2D eigenvalue weighted by Gasteiger charge is 2.19. The molecule has 2 N–H and O–H groups in total. The Bertz CT molecular complexity index is 969. The quantitative estimate of drug-likeness (QED) is 0.353. The van der Waals surface area contributed by atoms with Crippen molar-refractivity contribution in [2.75, 3.05) is 11.1 Å². The van der Waals surface area contributed by atoms with Crippen molar-refractivity contribution in [3.05, 3.63) is 61.6 Å². The van der Waals surface area contributed by atoms with Gasteiger partial charge in [0.05, 0.1) is 10.7 Å². The summed E-state index contributed by atoms with van der Waals surface area (Å²) in [4.78, 5) is 28.5. The number of nitro groups is 1. The number of thiophene rings is 1. The predicted octanol–water partition coefficient (Wildman–Crippen LogP) is 3.71. The summed E-state index contributed by atoms with van der Waals surface area (Å²) >= 11 is 2.81. The minimum atomic E-state index is -0.499. The van der Waals surface area contributed by atoms with Crippen molar-refractivity contribution in [1.82, 2.24) is 15.2 Å². The molecular formula is C17H17N5O3S2. The Hall–Kier alpha value is -2.72. The fourth-order valence-electron chi connectivity index (χ4n) is 2.42. The second-order valence-corrected chi connectivity index (χ2v) is 7.79. The summed E-state index contributed by atoms with van der Waals surface area (Å²) in [6, 6.07) is 7.06. The monoisotopic (exact) mass is 403 g/mol. The van der Waals surface area contributed by atoms with Gasteiger partial charge in [-0.1, -0.05) is 23.9 Å². The van der Waals surface area contributed by atoms with E-state index in [0.29, 0.717) is 17.1 Å². The minimum Gasteiger partial charge on any atom is -0.319 e. The number of carbonyl (C=O) groups is 1. The molecule has 3 rings (SSSR count). The van der Waals surface area contributed by atoms with Crippen molar-refractivity contribution in [3.8, 4) is 0 Å². The smallest absolute Gasteiger partial charge is 0.293 e. The van der Waals surface area contributed by atoms with E-state index in [2.05, 4.69) is 20.5 Å². The number of carbonyl (C=O) groups excluding carboxylic acids is 1. The van der Waals surface area contributed by atoms with Crippen LogP contribution in [0.25, 0.3) is 0 Å². The number of nitro benzene ring substituents is 1. The van der Waals surface area contributed by atoms with Crippen LogP contribution in [0.5, 0.6) is 0 Å². The molecule has 0 spiro atoms. The van der Waals surface area contributed by atoms with Crippen LogP contribution >= 0.6 is 23.1 Å². The topological polar surface area (TPSA) is 114 Å². The fraction of sp³-hybridized carbons (Fsp3) is 0.235. The van der Waals surface area contributed by atoms with Gasteiger partial charge in [0.15, 0.2) is 0 Å². The van der Waals surface area contributed by atoms with E-state index in [1.54, 1.807) is 24.3 Å². The molecule has 0 aliphatic heterocycles. The fourth-order valence-corrected chi connectivity index (χ4v) is 3.74. The second-order valence-electron chi connectivity index (χ2n) is 5.82. The molecule has 0 unspecified atom stereocenters. The highest BCUT2D eigenvalue weighted by Crippen LogP contribution is 2.30. The lowest BCUT2D eigenvalue weighted by Crippen LogP contribution is -2.16. The Morgan fingerprint density at radius 1 is 1.37 bits per heavy atom. The number of amides is 1. The number of aryl methyl sites for hydroxylation is 1. The standard InChI is InChI=1S/C17H17N5O3S2/c1-10-5-6-13(22(24)25)16(11(10)2)19-15(23)9-27-17-18-14(20-21-17)8-12-4-3-7-26-12/h3-7H,8-9H2,1-2H3,(H,19,23)(H,18,20,21). The van der Waals surface area contributed by atoms with E-state index in [4.69, 9.17) is 0 Å². The third kappa shape index (κ3) is 4.72. The number of anilines is 1. The molecule has 0 aliphatic carbocycles. The summed E-state index contributed by atoms with van der Waals surface area (Å²) < 4.78 is 0. The first-order chi connectivity index (χ1) is 12.9. The number of H-pyrrole nitrogens is 1. The molecule has 0 atom stereocenters. The number of aromatic nitrogens is 3. The van der Waals surface area contributed by atoms with Crippen LogP contribution in [0.1, 0.15) is 21.8 Å².